The van der Waals surface area contributed by atoms with Crippen molar-refractivity contribution < 1.29 is 19.5 Å². The first-order valence-corrected chi connectivity index (χ1v) is 5.96. The van der Waals surface area contributed by atoms with E-state index in [0.717, 1.165) is 0 Å². The highest BCUT2D eigenvalue weighted by atomic mass is 16.4. The fourth-order valence-electron chi connectivity index (χ4n) is 1.29. The van der Waals surface area contributed by atoms with Gasteiger partial charge in [-0.05, 0) is 19.8 Å². The van der Waals surface area contributed by atoms with Gasteiger partial charge in [-0.2, -0.15) is 0 Å². The number of nitrogens with zero attached hydrogens (tertiary/aromatic N) is 1. The molecule has 7 heteroatoms. The van der Waals surface area contributed by atoms with Crippen molar-refractivity contribution in [3.8, 4) is 0 Å². The molecular formula is C11H21N3O4. The van der Waals surface area contributed by atoms with Crippen LogP contribution in [0.25, 0.3) is 0 Å². The fourth-order valence-corrected chi connectivity index (χ4v) is 1.29. The molecule has 0 aromatic carbocycles. The number of amides is 3. The Balaban J connectivity index is 3.83. The van der Waals surface area contributed by atoms with Gasteiger partial charge in [0.2, 0.25) is 5.91 Å². The van der Waals surface area contributed by atoms with Gasteiger partial charge in [-0.1, -0.05) is 0 Å². The van der Waals surface area contributed by atoms with Crippen molar-refractivity contribution in [1.29, 1.82) is 0 Å². The number of carbonyl (C=O) groups is 3. The van der Waals surface area contributed by atoms with E-state index in [1.807, 2.05) is 0 Å². The van der Waals surface area contributed by atoms with E-state index < -0.39 is 5.97 Å². The SMILES string of the molecule is CCN(CC(=O)NC)C(=O)NCCCCC(=O)O. The van der Waals surface area contributed by atoms with Crippen molar-refractivity contribution in [1.82, 2.24) is 15.5 Å². The molecule has 0 fully saturated rings. The Morgan fingerprint density at radius 3 is 2.39 bits per heavy atom. The van der Waals surface area contributed by atoms with Crippen LogP contribution >= 0.6 is 0 Å². The minimum atomic E-state index is -0.837. The molecule has 0 heterocycles. The zero-order valence-corrected chi connectivity index (χ0v) is 10.9. The predicted molar refractivity (Wildman–Crippen MR) is 66.2 cm³/mol. The highest BCUT2D eigenvalue weighted by molar-refractivity contribution is 5.83. The topological polar surface area (TPSA) is 98.7 Å². The van der Waals surface area contributed by atoms with Crippen molar-refractivity contribution in [3.63, 3.8) is 0 Å². The minimum Gasteiger partial charge on any atom is -0.481 e. The average molecular weight is 259 g/mol. The highest BCUT2D eigenvalue weighted by Crippen LogP contribution is 1.95. The van der Waals surface area contributed by atoms with Gasteiger partial charge in [0.1, 0.15) is 6.54 Å². The quantitative estimate of drug-likeness (QED) is 0.535. The van der Waals surface area contributed by atoms with Crippen LogP contribution in [-0.2, 0) is 9.59 Å². The van der Waals surface area contributed by atoms with Gasteiger partial charge in [-0.15, -0.1) is 0 Å². The minimum absolute atomic E-state index is 0.0218. The molecular weight excluding hydrogens is 238 g/mol. The Bertz CT molecular complexity index is 294. The molecule has 0 atom stereocenters. The van der Waals surface area contributed by atoms with Gasteiger partial charge in [0.15, 0.2) is 0 Å². The van der Waals surface area contributed by atoms with Gasteiger partial charge in [-0.25, -0.2) is 4.79 Å². The first kappa shape index (κ1) is 16.2. The molecule has 0 aliphatic heterocycles. The number of carboxylic acids is 1. The maximum Gasteiger partial charge on any atom is 0.317 e. The van der Waals surface area contributed by atoms with Crippen LogP contribution in [0.15, 0.2) is 0 Å². The normalized spacial score (nSPS) is 9.67. The maximum atomic E-state index is 11.6. The van der Waals surface area contributed by atoms with Crippen LogP contribution in [0.1, 0.15) is 26.2 Å². The lowest BCUT2D eigenvalue weighted by Gasteiger charge is -2.20. The number of urea groups is 1. The Hall–Kier alpha value is -1.79. The first-order chi connectivity index (χ1) is 8.51. The Morgan fingerprint density at radius 1 is 1.22 bits per heavy atom. The largest absolute Gasteiger partial charge is 0.481 e. The summed E-state index contributed by atoms with van der Waals surface area (Å²) in [5, 5.41) is 13.5. The van der Waals surface area contributed by atoms with E-state index in [1.54, 1.807) is 6.92 Å². The third-order valence-electron chi connectivity index (χ3n) is 2.38. The summed E-state index contributed by atoms with van der Waals surface area (Å²) < 4.78 is 0. The van der Waals surface area contributed by atoms with E-state index in [4.69, 9.17) is 5.11 Å². The molecule has 0 saturated heterocycles. The standard InChI is InChI=1S/C11H21N3O4/c1-3-14(8-9(15)12-2)11(18)13-7-5-4-6-10(16)17/h3-8H2,1-2H3,(H,12,15)(H,13,18)(H,16,17). The second-order valence-electron chi connectivity index (χ2n) is 3.77. The monoisotopic (exact) mass is 259 g/mol. The lowest BCUT2D eigenvalue weighted by molar-refractivity contribution is -0.137. The third kappa shape index (κ3) is 7.48. The molecule has 3 N–H and O–H groups in total. The summed E-state index contributed by atoms with van der Waals surface area (Å²) in [5.41, 5.74) is 0. The molecule has 7 nitrogen and oxygen atoms in total. The molecule has 0 radical (unpaired) electrons. The summed E-state index contributed by atoms with van der Waals surface area (Å²) in [6, 6.07) is -0.309. The second-order valence-corrected chi connectivity index (χ2v) is 3.77. The van der Waals surface area contributed by atoms with Crippen molar-refractivity contribution in [3.05, 3.63) is 0 Å². The lowest BCUT2D eigenvalue weighted by atomic mass is 10.2. The average Bonchev–Trinajstić information content (AvgIpc) is 2.34. The molecule has 18 heavy (non-hydrogen) atoms. The van der Waals surface area contributed by atoms with Crippen molar-refractivity contribution in [2.24, 2.45) is 0 Å². The number of likely N-dealkylation sites (N-methyl/N-ethyl adjacent to an activating group) is 2. The van der Waals surface area contributed by atoms with Gasteiger partial charge in [0.05, 0.1) is 0 Å². The number of carboxylic acid groups (broad SMARTS) is 1. The van der Waals surface area contributed by atoms with Crippen LogP contribution in [0, 0.1) is 0 Å². The van der Waals surface area contributed by atoms with Crippen molar-refractivity contribution >= 4 is 17.9 Å². The van der Waals surface area contributed by atoms with Crippen LogP contribution in [0.4, 0.5) is 4.79 Å². The number of aliphatic carboxylic acids is 1. The number of rotatable bonds is 8. The van der Waals surface area contributed by atoms with Gasteiger partial charge in [0.25, 0.3) is 0 Å². The molecule has 0 aromatic heterocycles. The maximum absolute atomic E-state index is 11.6. The van der Waals surface area contributed by atoms with Crippen LogP contribution in [0.5, 0.6) is 0 Å². The van der Waals surface area contributed by atoms with E-state index in [-0.39, 0.29) is 24.9 Å². The molecule has 0 bridgehead atoms. The lowest BCUT2D eigenvalue weighted by Crippen LogP contribution is -2.45. The second kappa shape index (κ2) is 9.26. The highest BCUT2D eigenvalue weighted by Gasteiger charge is 2.13. The Morgan fingerprint density at radius 2 is 1.89 bits per heavy atom. The van der Waals surface area contributed by atoms with Gasteiger partial charge in [-0.3, -0.25) is 9.59 Å². The summed E-state index contributed by atoms with van der Waals surface area (Å²) in [5.74, 6) is -1.06. The summed E-state index contributed by atoms with van der Waals surface area (Å²) in [6.45, 7) is 2.66. The third-order valence-corrected chi connectivity index (χ3v) is 2.38. The smallest absolute Gasteiger partial charge is 0.317 e. The van der Waals surface area contributed by atoms with Crippen LogP contribution < -0.4 is 10.6 Å². The zero-order valence-electron chi connectivity index (χ0n) is 10.9. The summed E-state index contributed by atoms with van der Waals surface area (Å²) in [7, 11) is 1.51. The molecule has 0 aliphatic carbocycles. The van der Waals surface area contributed by atoms with Crippen LogP contribution in [0.2, 0.25) is 0 Å². The predicted octanol–water partition coefficient (Wildman–Crippen LogP) is 0.0188. The molecule has 0 aliphatic rings. The van der Waals surface area contributed by atoms with Gasteiger partial charge in [0, 0.05) is 26.6 Å². The number of unbranched alkanes of at least 4 members (excludes halogenated alkanes) is 1. The molecule has 0 saturated carbocycles. The fraction of sp³-hybridized carbons (Fsp3) is 0.727. The Kier molecular flexibility index (Phi) is 8.34. The summed E-state index contributed by atoms with van der Waals surface area (Å²) in [4.78, 5) is 34.4. The molecule has 0 spiro atoms. The van der Waals surface area contributed by atoms with Crippen LogP contribution in [0.3, 0.4) is 0 Å². The van der Waals surface area contributed by atoms with Gasteiger partial charge >= 0.3 is 12.0 Å². The van der Waals surface area contributed by atoms with Crippen molar-refractivity contribution in [2.45, 2.75) is 26.2 Å². The summed E-state index contributed by atoms with van der Waals surface area (Å²) in [6.07, 6.45) is 1.23. The number of hydrogen-bond acceptors (Lipinski definition) is 3. The number of hydrogen-bond donors (Lipinski definition) is 3. The molecule has 104 valence electrons. The van der Waals surface area contributed by atoms with E-state index in [2.05, 4.69) is 10.6 Å². The molecule has 0 rings (SSSR count). The first-order valence-electron chi connectivity index (χ1n) is 5.96. The van der Waals surface area contributed by atoms with Crippen LogP contribution in [-0.4, -0.2) is 54.6 Å². The van der Waals surface area contributed by atoms with Gasteiger partial charge < -0.3 is 20.6 Å². The zero-order chi connectivity index (χ0) is 14.0. The molecule has 0 unspecified atom stereocenters. The molecule has 0 aromatic rings. The Labute approximate surface area is 107 Å². The van der Waals surface area contributed by atoms with E-state index in [0.29, 0.717) is 25.9 Å². The van der Waals surface area contributed by atoms with E-state index in [1.165, 1.54) is 11.9 Å². The number of carbonyl (C=O) groups excluding carboxylic acids is 2. The molecule has 3 amide bonds. The van der Waals surface area contributed by atoms with E-state index in [9.17, 15) is 14.4 Å². The summed E-state index contributed by atoms with van der Waals surface area (Å²) >= 11 is 0. The van der Waals surface area contributed by atoms with Crippen molar-refractivity contribution in [2.75, 3.05) is 26.7 Å². The van der Waals surface area contributed by atoms with E-state index >= 15 is 0 Å². The number of nitrogens with one attached hydrogen (secondary N) is 2.